The van der Waals surface area contributed by atoms with Crippen LogP contribution < -0.4 is 0 Å². The Balaban J connectivity index is 2.11. The van der Waals surface area contributed by atoms with Gasteiger partial charge in [0.05, 0.1) is 5.92 Å². The highest BCUT2D eigenvalue weighted by atomic mass is 79.9. The molecule has 4 rings (SSSR count). The molecule has 2 bridgehead atoms. The van der Waals surface area contributed by atoms with E-state index in [1.165, 1.54) is 13.0 Å². The summed E-state index contributed by atoms with van der Waals surface area (Å²) in [4.78, 5) is 23.8. The molecular weight excluding hydrogens is 324 g/mol. The Labute approximate surface area is 124 Å². The van der Waals surface area contributed by atoms with Crippen LogP contribution in [0.5, 0.6) is 0 Å². The number of halogens is 1. The number of fused-ring (bicyclic) bond motifs is 2. The molecule has 4 unspecified atom stereocenters. The smallest absolute Gasteiger partial charge is 0.343 e. The largest absolute Gasteiger partial charge is 0.455 e. The maximum atomic E-state index is 12.0. The van der Waals surface area contributed by atoms with Gasteiger partial charge >= 0.3 is 5.97 Å². The van der Waals surface area contributed by atoms with E-state index in [0.29, 0.717) is 0 Å². The Morgan fingerprint density at radius 1 is 1.35 bits per heavy atom. The van der Waals surface area contributed by atoms with Gasteiger partial charge in [-0.15, -0.1) is 0 Å². The van der Waals surface area contributed by atoms with Gasteiger partial charge in [0.15, 0.2) is 5.60 Å². The zero-order valence-corrected chi connectivity index (χ0v) is 12.3. The maximum absolute atomic E-state index is 12.0. The highest BCUT2D eigenvalue weighted by Gasteiger charge is 2.59. The fourth-order valence-electron chi connectivity index (χ4n) is 3.08. The van der Waals surface area contributed by atoms with E-state index < -0.39 is 23.6 Å². The summed E-state index contributed by atoms with van der Waals surface area (Å²) in [5, 5.41) is 10.5. The molecule has 3 aliphatic rings. The lowest BCUT2D eigenvalue weighted by molar-refractivity contribution is -0.189. The molecule has 4 nitrogen and oxygen atoms in total. The van der Waals surface area contributed by atoms with Crippen LogP contribution in [0.4, 0.5) is 0 Å². The summed E-state index contributed by atoms with van der Waals surface area (Å²) in [6.07, 6.45) is 2.55. The van der Waals surface area contributed by atoms with Gasteiger partial charge in [0.2, 0.25) is 0 Å². The number of hydrogen-bond acceptors (Lipinski definition) is 4. The molecule has 1 aliphatic carbocycles. The highest BCUT2D eigenvalue weighted by molar-refractivity contribution is 9.10. The molecule has 5 heteroatoms. The van der Waals surface area contributed by atoms with Crippen molar-refractivity contribution < 1.29 is 19.4 Å². The molecule has 20 heavy (non-hydrogen) atoms. The second kappa shape index (κ2) is 4.53. The number of aliphatic hydroxyl groups is 1. The molecule has 104 valence electrons. The van der Waals surface area contributed by atoms with Crippen LogP contribution in [0, 0.1) is 5.92 Å². The Kier molecular flexibility index (Phi) is 3.06. The van der Waals surface area contributed by atoms with Gasteiger partial charge in [-0.2, -0.15) is 0 Å². The number of esters is 1. The zero-order valence-electron chi connectivity index (χ0n) is 10.7. The Morgan fingerprint density at radius 2 is 2.00 bits per heavy atom. The molecule has 2 aliphatic heterocycles. The third-order valence-electron chi connectivity index (χ3n) is 3.99. The highest BCUT2D eigenvalue weighted by Crippen LogP contribution is 2.47. The lowest BCUT2D eigenvalue weighted by Crippen LogP contribution is -2.60. The summed E-state index contributed by atoms with van der Waals surface area (Å²) in [6.45, 7) is 1.40. The summed E-state index contributed by atoms with van der Waals surface area (Å²) in [5.74, 6) is -2.11. The number of carbonyl (C=O) groups excluding carboxylic acids is 2. The molecule has 0 aromatic heterocycles. The lowest BCUT2D eigenvalue weighted by atomic mass is 9.65. The van der Waals surface area contributed by atoms with Crippen LogP contribution in [0.15, 0.2) is 40.9 Å². The average molecular weight is 337 g/mol. The third-order valence-corrected chi connectivity index (χ3v) is 4.52. The van der Waals surface area contributed by atoms with E-state index in [1.807, 2.05) is 24.3 Å². The van der Waals surface area contributed by atoms with Crippen LogP contribution in [-0.2, 0) is 14.3 Å². The van der Waals surface area contributed by atoms with Gasteiger partial charge in [-0.3, -0.25) is 4.79 Å². The second-order valence-electron chi connectivity index (χ2n) is 5.22. The van der Waals surface area contributed by atoms with E-state index in [0.717, 1.165) is 10.0 Å². The van der Waals surface area contributed by atoms with Crippen LogP contribution in [0.25, 0.3) is 0 Å². The molecule has 1 N–H and O–H groups in total. The first-order chi connectivity index (χ1) is 9.43. The first-order valence-electron chi connectivity index (χ1n) is 6.32. The minimum atomic E-state index is -1.85. The van der Waals surface area contributed by atoms with Crippen molar-refractivity contribution in [3.8, 4) is 0 Å². The SMILES string of the molecule is CC(=O)C1C(c2ccc(Br)cc2)C2C=CC1(O)C(=O)O2. The minimum absolute atomic E-state index is 0.216. The van der Waals surface area contributed by atoms with Crippen LogP contribution in [0.3, 0.4) is 0 Å². The topological polar surface area (TPSA) is 63.6 Å². The summed E-state index contributed by atoms with van der Waals surface area (Å²) >= 11 is 3.36. The van der Waals surface area contributed by atoms with Crippen molar-refractivity contribution >= 4 is 27.7 Å². The lowest BCUT2D eigenvalue weighted by Gasteiger charge is -2.47. The van der Waals surface area contributed by atoms with E-state index in [4.69, 9.17) is 4.74 Å². The fourth-order valence-corrected chi connectivity index (χ4v) is 3.35. The molecule has 2 heterocycles. The number of carbonyl (C=O) groups is 2. The van der Waals surface area contributed by atoms with Crippen molar-refractivity contribution in [1.82, 2.24) is 0 Å². The number of rotatable bonds is 2. The fraction of sp³-hybridized carbons (Fsp3) is 0.333. The molecular formula is C15H13BrO4. The van der Waals surface area contributed by atoms with Gasteiger partial charge in [-0.05, 0) is 36.8 Å². The van der Waals surface area contributed by atoms with Crippen molar-refractivity contribution in [3.63, 3.8) is 0 Å². The molecule has 4 atom stereocenters. The van der Waals surface area contributed by atoms with Crippen molar-refractivity contribution in [1.29, 1.82) is 0 Å². The monoisotopic (exact) mass is 336 g/mol. The standard InChI is InChI=1S/C15H13BrO4/c1-8(17)13-12(9-2-4-10(16)5-3-9)11-6-7-15(13,19)14(18)20-11/h2-7,11-13,19H,1H3. The van der Waals surface area contributed by atoms with Crippen molar-refractivity contribution in [3.05, 3.63) is 46.5 Å². The summed E-state index contributed by atoms with van der Waals surface area (Å²) in [6, 6.07) is 7.47. The Hall–Kier alpha value is -1.46. The number of ether oxygens (including phenoxy) is 1. The van der Waals surface area contributed by atoms with E-state index >= 15 is 0 Å². The van der Waals surface area contributed by atoms with Crippen LogP contribution in [0.2, 0.25) is 0 Å². The Bertz CT molecular complexity index is 607. The number of ketones is 1. The molecule has 1 fully saturated rings. The molecule has 0 amide bonds. The van der Waals surface area contributed by atoms with Gasteiger partial charge in [-0.1, -0.05) is 28.1 Å². The van der Waals surface area contributed by atoms with Gasteiger partial charge < -0.3 is 9.84 Å². The van der Waals surface area contributed by atoms with Crippen molar-refractivity contribution in [2.45, 2.75) is 24.5 Å². The quantitative estimate of drug-likeness (QED) is 0.662. The molecule has 1 saturated heterocycles. The van der Waals surface area contributed by atoms with E-state index in [1.54, 1.807) is 6.08 Å². The predicted molar refractivity (Wildman–Crippen MR) is 75.0 cm³/mol. The van der Waals surface area contributed by atoms with Gasteiger partial charge in [-0.25, -0.2) is 4.79 Å². The Morgan fingerprint density at radius 3 is 2.55 bits per heavy atom. The van der Waals surface area contributed by atoms with E-state index in [2.05, 4.69) is 15.9 Å². The predicted octanol–water partition coefficient (Wildman–Crippen LogP) is 1.96. The molecule has 1 aromatic rings. The molecule has 1 aromatic carbocycles. The van der Waals surface area contributed by atoms with Crippen LogP contribution in [-0.4, -0.2) is 28.6 Å². The molecule has 0 saturated carbocycles. The first kappa shape index (κ1) is 13.5. The van der Waals surface area contributed by atoms with E-state index in [9.17, 15) is 14.7 Å². The summed E-state index contributed by atoms with van der Waals surface area (Å²) in [5.41, 5.74) is -0.980. The van der Waals surface area contributed by atoms with Crippen LogP contribution in [0.1, 0.15) is 18.4 Å². The number of benzene rings is 1. The van der Waals surface area contributed by atoms with Gasteiger partial charge in [0.1, 0.15) is 11.9 Å². The summed E-state index contributed by atoms with van der Waals surface area (Å²) in [7, 11) is 0. The van der Waals surface area contributed by atoms with Crippen LogP contribution >= 0.6 is 15.9 Å². The van der Waals surface area contributed by atoms with Gasteiger partial charge in [0, 0.05) is 10.4 Å². The van der Waals surface area contributed by atoms with Crippen molar-refractivity contribution in [2.24, 2.45) is 5.92 Å². The molecule has 0 spiro atoms. The van der Waals surface area contributed by atoms with Crippen molar-refractivity contribution in [2.75, 3.05) is 0 Å². The average Bonchev–Trinajstić information content (AvgIpc) is 2.40. The number of hydrogen-bond donors (Lipinski definition) is 1. The minimum Gasteiger partial charge on any atom is -0.455 e. The third kappa shape index (κ3) is 1.84. The molecule has 0 radical (unpaired) electrons. The summed E-state index contributed by atoms with van der Waals surface area (Å²) < 4.78 is 6.15. The zero-order chi connectivity index (χ0) is 14.5. The number of Topliss-reactive ketones (excluding diaryl/α,β-unsaturated/α-hetero) is 1. The maximum Gasteiger partial charge on any atom is 0.343 e. The van der Waals surface area contributed by atoms with E-state index in [-0.39, 0.29) is 11.7 Å². The normalized spacial score (nSPS) is 35.0. The van der Waals surface area contributed by atoms with Gasteiger partial charge in [0.25, 0.3) is 0 Å². The first-order valence-corrected chi connectivity index (χ1v) is 7.11. The second-order valence-corrected chi connectivity index (χ2v) is 6.14.